The lowest BCUT2D eigenvalue weighted by Gasteiger charge is -2.13. The molecule has 1 aromatic heterocycles. The first-order valence-electron chi connectivity index (χ1n) is 7.07. The van der Waals surface area contributed by atoms with Crippen molar-refractivity contribution in [3.63, 3.8) is 0 Å². The van der Waals surface area contributed by atoms with Gasteiger partial charge in [0.1, 0.15) is 11.3 Å². The minimum absolute atomic E-state index is 0.238. The van der Waals surface area contributed by atoms with Gasteiger partial charge in [0, 0.05) is 11.1 Å². The molecule has 0 spiro atoms. The molecular formula is C18H12N2O4. The molecule has 118 valence electrons. The third kappa shape index (κ3) is 2.72. The predicted molar refractivity (Wildman–Crippen MR) is 86.8 cm³/mol. The van der Waals surface area contributed by atoms with Crippen LogP contribution in [-0.2, 0) is 0 Å². The number of rotatable bonds is 4. The first-order chi connectivity index (χ1) is 11.6. The van der Waals surface area contributed by atoms with E-state index >= 15 is 0 Å². The van der Waals surface area contributed by atoms with Crippen molar-refractivity contribution in [3.05, 3.63) is 71.9 Å². The van der Waals surface area contributed by atoms with E-state index in [0.29, 0.717) is 16.8 Å². The first-order valence-corrected chi connectivity index (χ1v) is 7.07. The molecule has 0 saturated heterocycles. The standard InChI is InChI=1S/C18H12N2O4/c21-17(22)14-13(11-7-3-1-4-8-11)15(12-9-5-2-6-10-12)19-20-16(14)18(23)24/h1-10H,(H,21,22)(H,23,24). The second-order valence-electron chi connectivity index (χ2n) is 4.99. The molecule has 0 aliphatic rings. The SMILES string of the molecule is O=C(O)c1nnc(-c2ccccc2)c(-c2ccccc2)c1C(=O)O. The Balaban J connectivity index is 2.42. The highest BCUT2D eigenvalue weighted by Gasteiger charge is 2.27. The van der Waals surface area contributed by atoms with Crippen LogP contribution in [0.5, 0.6) is 0 Å². The Labute approximate surface area is 137 Å². The van der Waals surface area contributed by atoms with Gasteiger partial charge < -0.3 is 10.2 Å². The van der Waals surface area contributed by atoms with Crippen molar-refractivity contribution in [2.45, 2.75) is 0 Å². The monoisotopic (exact) mass is 320 g/mol. The number of nitrogens with zero attached hydrogens (tertiary/aromatic N) is 2. The van der Waals surface area contributed by atoms with Gasteiger partial charge in [-0.2, -0.15) is 0 Å². The molecule has 2 aromatic carbocycles. The lowest BCUT2D eigenvalue weighted by Crippen LogP contribution is -2.15. The average molecular weight is 320 g/mol. The highest BCUT2D eigenvalue weighted by Crippen LogP contribution is 2.34. The molecule has 3 aromatic rings. The molecule has 6 nitrogen and oxygen atoms in total. The van der Waals surface area contributed by atoms with Crippen LogP contribution in [0.3, 0.4) is 0 Å². The van der Waals surface area contributed by atoms with Crippen LogP contribution in [0.4, 0.5) is 0 Å². The van der Waals surface area contributed by atoms with Crippen molar-refractivity contribution < 1.29 is 19.8 Å². The van der Waals surface area contributed by atoms with Gasteiger partial charge in [-0.3, -0.25) is 0 Å². The molecule has 3 rings (SSSR count). The Morgan fingerprint density at radius 3 is 1.75 bits per heavy atom. The summed E-state index contributed by atoms with van der Waals surface area (Å²) in [5.74, 6) is -2.80. The summed E-state index contributed by atoms with van der Waals surface area (Å²) in [5, 5.41) is 26.5. The quantitative estimate of drug-likeness (QED) is 0.765. The maximum Gasteiger partial charge on any atom is 0.357 e. The van der Waals surface area contributed by atoms with Crippen LogP contribution in [-0.4, -0.2) is 32.3 Å². The molecule has 0 saturated carbocycles. The smallest absolute Gasteiger partial charge is 0.357 e. The number of hydrogen-bond acceptors (Lipinski definition) is 4. The van der Waals surface area contributed by atoms with Crippen LogP contribution in [0.25, 0.3) is 22.4 Å². The summed E-state index contributed by atoms with van der Waals surface area (Å²) >= 11 is 0. The fourth-order valence-corrected chi connectivity index (χ4v) is 2.48. The van der Waals surface area contributed by atoms with E-state index in [-0.39, 0.29) is 11.1 Å². The zero-order chi connectivity index (χ0) is 17.1. The molecule has 2 N–H and O–H groups in total. The fraction of sp³-hybridized carbons (Fsp3) is 0. The average Bonchev–Trinajstić information content (AvgIpc) is 2.61. The Bertz CT molecular complexity index is 909. The van der Waals surface area contributed by atoms with Crippen LogP contribution in [0.2, 0.25) is 0 Å². The second-order valence-corrected chi connectivity index (χ2v) is 4.99. The Kier molecular flexibility index (Phi) is 4.03. The van der Waals surface area contributed by atoms with Crippen molar-refractivity contribution in [2.24, 2.45) is 0 Å². The summed E-state index contributed by atoms with van der Waals surface area (Å²) in [4.78, 5) is 23.2. The number of aromatic nitrogens is 2. The first kappa shape index (κ1) is 15.4. The highest BCUT2D eigenvalue weighted by molar-refractivity contribution is 6.07. The van der Waals surface area contributed by atoms with Crippen molar-refractivity contribution in [1.29, 1.82) is 0 Å². The highest BCUT2D eigenvalue weighted by atomic mass is 16.4. The van der Waals surface area contributed by atoms with Crippen LogP contribution in [0.15, 0.2) is 60.7 Å². The van der Waals surface area contributed by atoms with E-state index in [9.17, 15) is 19.8 Å². The molecule has 1 heterocycles. The minimum atomic E-state index is -1.43. The molecule has 0 radical (unpaired) electrons. The number of carbonyl (C=O) groups is 2. The lowest BCUT2D eigenvalue weighted by atomic mass is 9.94. The lowest BCUT2D eigenvalue weighted by molar-refractivity contribution is 0.0645. The van der Waals surface area contributed by atoms with Gasteiger partial charge in [0.05, 0.1) is 0 Å². The topological polar surface area (TPSA) is 100 Å². The van der Waals surface area contributed by atoms with E-state index < -0.39 is 17.6 Å². The van der Waals surface area contributed by atoms with Gasteiger partial charge in [-0.05, 0) is 5.56 Å². The maximum atomic E-state index is 11.8. The predicted octanol–water partition coefficient (Wildman–Crippen LogP) is 3.21. The summed E-state index contributed by atoms with van der Waals surface area (Å²) in [7, 11) is 0. The van der Waals surface area contributed by atoms with Crippen LogP contribution in [0, 0.1) is 0 Å². The Morgan fingerprint density at radius 2 is 1.25 bits per heavy atom. The normalized spacial score (nSPS) is 10.3. The van der Waals surface area contributed by atoms with E-state index in [2.05, 4.69) is 10.2 Å². The number of benzene rings is 2. The Hall–Kier alpha value is -3.54. The van der Waals surface area contributed by atoms with E-state index in [1.54, 1.807) is 54.6 Å². The fourth-order valence-electron chi connectivity index (χ4n) is 2.48. The summed E-state index contributed by atoms with van der Waals surface area (Å²) in [6, 6.07) is 17.6. The van der Waals surface area contributed by atoms with Crippen molar-refractivity contribution in [1.82, 2.24) is 10.2 Å². The maximum absolute atomic E-state index is 11.8. The van der Waals surface area contributed by atoms with Gasteiger partial charge in [0.2, 0.25) is 0 Å². The molecule has 0 fully saturated rings. The van der Waals surface area contributed by atoms with E-state index in [1.165, 1.54) is 0 Å². The molecule has 24 heavy (non-hydrogen) atoms. The van der Waals surface area contributed by atoms with E-state index in [1.807, 2.05) is 6.07 Å². The van der Waals surface area contributed by atoms with Crippen molar-refractivity contribution >= 4 is 11.9 Å². The Morgan fingerprint density at radius 1 is 0.708 bits per heavy atom. The van der Waals surface area contributed by atoms with E-state index in [4.69, 9.17) is 0 Å². The number of hydrogen-bond donors (Lipinski definition) is 2. The van der Waals surface area contributed by atoms with Crippen LogP contribution in [0.1, 0.15) is 20.8 Å². The summed E-state index contributed by atoms with van der Waals surface area (Å²) in [6.07, 6.45) is 0. The minimum Gasteiger partial charge on any atom is -0.478 e. The molecular weight excluding hydrogens is 308 g/mol. The zero-order valence-corrected chi connectivity index (χ0v) is 12.4. The summed E-state index contributed by atoms with van der Waals surface area (Å²) < 4.78 is 0. The van der Waals surface area contributed by atoms with Crippen molar-refractivity contribution in [3.8, 4) is 22.4 Å². The summed E-state index contributed by atoms with van der Waals surface area (Å²) in [6.45, 7) is 0. The van der Waals surface area contributed by atoms with Gasteiger partial charge in [-0.25, -0.2) is 9.59 Å². The molecule has 0 aliphatic heterocycles. The molecule has 0 bridgehead atoms. The number of carboxylic acids is 2. The second kappa shape index (κ2) is 6.29. The number of aromatic carboxylic acids is 2. The molecule has 0 amide bonds. The summed E-state index contributed by atoms with van der Waals surface area (Å²) in [5.41, 5.74) is 0.823. The van der Waals surface area contributed by atoms with Crippen molar-refractivity contribution in [2.75, 3.05) is 0 Å². The van der Waals surface area contributed by atoms with Gasteiger partial charge in [0.15, 0.2) is 5.69 Å². The number of carboxylic acid groups (broad SMARTS) is 2. The third-order valence-corrected chi connectivity index (χ3v) is 3.50. The zero-order valence-electron chi connectivity index (χ0n) is 12.4. The third-order valence-electron chi connectivity index (χ3n) is 3.50. The largest absolute Gasteiger partial charge is 0.478 e. The molecule has 0 atom stereocenters. The van der Waals surface area contributed by atoms with Gasteiger partial charge in [-0.15, -0.1) is 10.2 Å². The molecule has 0 unspecified atom stereocenters. The van der Waals surface area contributed by atoms with Gasteiger partial charge in [-0.1, -0.05) is 60.7 Å². The molecule has 6 heteroatoms. The van der Waals surface area contributed by atoms with Gasteiger partial charge in [0.25, 0.3) is 0 Å². The van der Waals surface area contributed by atoms with E-state index in [0.717, 1.165) is 0 Å². The van der Waals surface area contributed by atoms with Crippen LogP contribution < -0.4 is 0 Å². The van der Waals surface area contributed by atoms with Crippen LogP contribution >= 0.6 is 0 Å². The molecule has 0 aliphatic carbocycles. The van der Waals surface area contributed by atoms with Gasteiger partial charge >= 0.3 is 11.9 Å².